The molecule has 0 aliphatic rings. The zero-order chi connectivity index (χ0) is 17.9. The highest BCUT2D eigenvalue weighted by Gasteiger charge is 2.18. The first-order valence-electron chi connectivity index (χ1n) is 8.29. The van der Waals surface area contributed by atoms with E-state index < -0.39 is 0 Å². The van der Waals surface area contributed by atoms with Crippen LogP contribution in [0, 0.1) is 0 Å². The summed E-state index contributed by atoms with van der Waals surface area (Å²) in [6, 6.07) is 16.5. The number of fused-ring (bicyclic) bond motifs is 1. The van der Waals surface area contributed by atoms with Crippen LogP contribution in [0.5, 0.6) is 0 Å². The zero-order valence-electron chi connectivity index (χ0n) is 13.9. The van der Waals surface area contributed by atoms with E-state index >= 15 is 0 Å². The topological polar surface area (TPSA) is 38.9 Å². The van der Waals surface area contributed by atoms with Crippen LogP contribution in [0.4, 0.5) is 10.1 Å². The molecule has 3 aromatic heterocycles. The molecule has 4 aromatic rings. The maximum atomic E-state index is 12.4. The Kier molecular flexibility index (Phi) is 5.24. The second kappa shape index (κ2) is 7.78. The molecular formula is C20H17FN2S3. The van der Waals surface area contributed by atoms with E-state index in [2.05, 4.69) is 29.6 Å². The van der Waals surface area contributed by atoms with Gasteiger partial charge >= 0.3 is 0 Å². The van der Waals surface area contributed by atoms with Gasteiger partial charge in [-0.1, -0.05) is 36.4 Å². The first-order valence-corrected chi connectivity index (χ1v) is 11.0. The molecule has 0 radical (unpaired) electrons. The molecule has 26 heavy (non-hydrogen) atoms. The number of alkyl halides is 1. The van der Waals surface area contributed by atoms with Crippen LogP contribution in [0.25, 0.3) is 31.9 Å². The van der Waals surface area contributed by atoms with E-state index in [0.29, 0.717) is 6.42 Å². The van der Waals surface area contributed by atoms with Crippen molar-refractivity contribution in [3.05, 3.63) is 53.9 Å². The van der Waals surface area contributed by atoms with E-state index in [1.807, 2.05) is 24.3 Å². The number of aromatic nitrogens is 1. The molecule has 0 saturated carbocycles. The minimum Gasteiger partial charge on any atom is -0.397 e. The van der Waals surface area contributed by atoms with Crippen LogP contribution in [-0.4, -0.2) is 17.4 Å². The van der Waals surface area contributed by atoms with Gasteiger partial charge in [0.25, 0.3) is 0 Å². The maximum Gasteiger partial charge on any atom is 0.127 e. The Morgan fingerprint density at radius 3 is 2.69 bits per heavy atom. The van der Waals surface area contributed by atoms with Gasteiger partial charge in [0.15, 0.2) is 0 Å². The first-order chi connectivity index (χ1) is 12.8. The SMILES string of the molecule is Nc1c(SCCCF)sc2nc(-c3cccs3)cc(-c3ccccc3)c12. The van der Waals surface area contributed by atoms with Crippen LogP contribution >= 0.6 is 34.4 Å². The molecule has 6 heteroatoms. The van der Waals surface area contributed by atoms with Gasteiger partial charge in [-0.2, -0.15) is 0 Å². The number of rotatable bonds is 6. The van der Waals surface area contributed by atoms with Gasteiger partial charge in [-0.15, -0.1) is 34.4 Å². The van der Waals surface area contributed by atoms with Crippen LogP contribution < -0.4 is 5.73 Å². The van der Waals surface area contributed by atoms with E-state index in [1.54, 1.807) is 34.4 Å². The molecular weight excluding hydrogens is 383 g/mol. The molecule has 3 heterocycles. The normalized spacial score (nSPS) is 11.3. The molecule has 0 amide bonds. The van der Waals surface area contributed by atoms with Gasteiger partial charge in [-0.3, -0.25) is 4.39 Å². The molecule has 0 bridgehead atoms. The van der Waals surface area contributed by atoms with E-state index in [-0.39, 0.29) is 6.67 Å². The van der Waals surface area contributed by atoms with Gasteiger partial charge < -0.3 is 5.73 Å². The number of hydrogen-bond donors (Lipinski definition) is 1. The summed E-state index contributed by atoms with van der Waals surface area (Å²) in [5.41, 5.74) is 10.4. The lowest BCUT2D eigenvalue weighted by Crippen LogP contribution is -1.90. The van der Waals surface area contributed by atoms with E-state index in [1.165, 1.54) is 0 Å². The number of nitrogens with two attached hydrogens (primary N) is 1. The number of thiophene rings is 2. The van der Waals surface area contributed by atoms with Gasteiger partial charge in [0, 0.05) is 11.1 Å². The van der Waals surface area contributed by atoms with Gasteiger partial charge in [-0.25, -0.2) is 4.98 Å². The van der Waals surface area contributed by atoms with Crippen molar-refractivity contribution in [2.75, 3.05) is 18.2 Å². The fraction of sp³-hybridized carbons (Fsp3) is 0.150. The number of halogens is 1. The van der Waals surface area contributed by atoms with Crippen molar-refractivity contribution < 1.29 is 4.39 Å². The van der Waals surface area contributed by atoms with E-state index in [9.17, 15) is 4.39 Å². The quantitative estimate of drug-likeness (QED) is 0.288. The Bertz CT molecular complexity index is 1010. The predicted molar refractivity (Wildman–Crippen MR) is 114 cm³/mol. The van der Waals surface area contributed by atoms with Crippen molar-refractivity contribution in [3.8, 4) is 21.7 Å². The summed E-state index contributed by atoms with van der Waals surface area (Å²) >= 11 is 4.90. The van der Waals surface area contributed by atoms with Gasteiger partial charge in [-0.05, 0) is 35.1 Å². The molecule has 2 nitrogen and oxygen atoms in total. The van der Waals surface area contributed by atoms with Crippen molar-refractivity contribution in [1.29, 1.82) is 0 Å². The van der Waals surface area contributed by atoms with Crippen molar-refractivity contribution >= 4 is 50.3 Å². The second-order valence-electron chi connectivity index (χ2n) is 5.77. The minimum atomic E-state index is -0.298. The predicted octanol–water partition coefficient (Wildman–Crippen LogP) is 6.73. The molecule has 0 unspecified atom stereocenters. The highest BCUT2D eigenvalue weighted by molar-refractivity contribution is 8.01. The fourth-order valence-electron chi connectivity index (χ4n) is 2.82. The Morgan fingerprint density at radius 2 is 1.96 bits per heavy atom. The van der Waals surface area contributed by atoms with E-state index in [0.717, 1.165) is 47.6 Å². The summed E-state index contributed by atoms with van der Waals surface area (Å²) in [4.78, 5) is 6.96. The monoisotopic (exact) mass is 400 g/mol. The Morgan fingerprint density at radius 1 is 1.12 bits per heavy atom. The van der Waals surface area contributed by atoms with E-state index in [4.69, 9.17) is 10.7 Å². The number of thioether (sulfide) groups is 1. The third kappa shape index (κ3) is 3.37. The fourth-order valence-corrected chi connectivity index (χ4v) is 5.78. The number of nitrogen functional groups attached to an aromatic ring is 1. The highest BCUT2D eigenvalue weighted by Crippen LogP contribution is 2.45. The lowest BCUT2D eigenvalue weighted by molar-refractivity contribution is 0.489. The number of nitrogens with zero attached hydrogens (tertiary/aromatic N) is 1. The summed E-state index contributed by atoms with van der Waals surface area (Å²) in [5.74, 6) is 0.728. The molecule has 0 fully saturated rings. The molecule has 0 aliphatic carbocycles. The zero-order valence-corrected chi connectivity index (χ0v) is 16.4. The number of benzene rings is 1. The van der Waals surface area contributed by atoms with Crippen LogP contribution in [0.2, 0.25) is 0 Å². The van der Waals surface area contributed by atoms with Gasteiger partial charge in [0.1, 0.15) is 4.83 Å². The van der Waals surface area contributed by atoms with Crippen LogP contribution in [-0.2, 0) is 0 Å². The summed E-state index contributed by atoms with van der Waals surface area (Å²) in [6.07, 6.45) is 0.539. The Hall–Kier alpha value is -1.89. The second-order valence-corrected chi connectivity index (χ2v) is 9.08. The van der Waals surface area contributed by atoms with Crippen molar-refractivity contribution in [2.45, 2.75) is 10.6 Å². The Balaban J connectivity index is 1.90. The molecule has 0 saturated heterocycles. The number of anilines is 1. The molecule has 132 valence electrons. The summed E-state index contributed by atoms with van der Waals surface area (Å²) in [6.45, 7) is -0.298. The van der Waals surface area contributed by atoms with Gasteiger partial charge in [0.05, 0.1) is 27.1 Å². The summed E-state index contributed by atoms with van der Waals surface area (Å²) < 4.78 is 13.5. The Labute approximate surface area is 163 Å². The third-order valence-corrected chi connectivity index (χ3v) is 7.40. The average Bonchev–Trinajstić information content (AvgIpc) is 3.31. The van der Waals surface area contributed by atoms with Crippen LogP contribution in [0.15, 0.2) is 58.1 Å². The largest absolute Gasteiger partial charge is 0.397 e. The average molecular weight is 401 g/mol. The van der Waals surface area contributed by atoms with Gasteiger partial charge in [0.2, 0.25) is 0 Å². The minimum absolute atomic E-state index is 0.298. The lowest BCUT2D eigenvalue weighted by atomic mass is 10.0. The number of pyridine rings is 1. The standard InChI is InChI=1S/C20H17FN2S3/c21-9-5-11-25-20-18(22)17-14(13-6-2-1-3-7-13)12-15(23-19(17)26-20)16-8-4-10-24-16/h1-4,6-8,10,12H,5,9,11,22H2. The number of hydrogen-bond acceptors (Lipinski definition) is 5. The molecule has 0 atom stereocenters. The lowest BCUT2D eigenvalue weighted by Gasteiger charge is -2.07. The molecule has 0 aliphatic heterocycles. The van der Waals surface area contributed by atoms with Crippen molar-refractivity contribution in [3.63, 3.8) is 0 Å². The van der Waals surface area contributed by atoms with Crippen LogP contribution in [0.3, 0.4) is 0 Å². The molecule has 2 N–H and O–H groups in total. The first kappa shape index (κ1) is 17.5. The van der Waals surface area contributed by atoms with Crippen LogP contribution in [0.1, 0.15) is 6.42 Å². The molecule has 1 aromatic carbocycles. The highest BCUT2D eigenvalue weighted by atomic mass is 32.2. The van der Waals surface area contributed by atoms with Crippen molar-refractivity contribution in [1.82, 2.24) is 4.98 Å². The molecule has 4 rings (SSSR count). The smallest absolute Gasteiger partial charge is 0.127 e. The third-order valence-electron chi connectivity index (χ3n) is 4.03. The molecule has 0 spiro atoms. The van der Waals surface area contributed by atoms with Crippen molar-refractivity contribution in [2.24, 2.45) is 0 Å². The summed E-state index contributed by atoms with van der Waals surface area (Å²) in [7, 11) is 0. The summed E-state index contributed by atoms with van der Waals surface area (Å²) in [5, 5.41) is 3.06. The maximum absolute atomic E-state index is 12.4.